The number of anilines is 1. The molecular formula is C13H22N2. The van der Waals surface area contributed by atoms with E-state index in [9.17, 15) is 0 Å². The van der Waals surface area contributed by atoms with Crippen LogP contribution < -0.4 is 10.6 Å². The second kappa shape index (κ2) is 5.17. The molecule has 0 bridgehead atoms. The second-order valence-corrected chi connectivity index (χ2v) is 4.32. The lowest BCUT2D eigenvalue weighted by molar-refractivity contribution is 0.737. The monoisotopic (exact) mass is 206 g/mol. The summed E-state index contributed by atoms with van der Waals surface area (Å²) < 4.78 is 0. The summed E-state index contributed by atoms with van der Waals surface area (Å²) in [5.41, 5.74) is 9.76. The summed E-state index contributed by atoms with van der Waals surface area (Å²) in [6.07, 6.45) is 0.955. The quantitative estimate of drug-likeness (QED) is 0.819. The van der Waals surface area contributed by atoms with Crippen LogP contribution in [0, 0.1) is 6.92 Å². The van der Waals surface area contributed by atoms with Crippen LogP contribution in [0.1, 0.15) is 25.0 Å². The van der Waals surface area contributed by atoms with E-state index >= 15 is 0 Å². The zero-order valence-corrected chi connectivity index (χ0v) is 10.2. The molecule has 1 rings (SSSR count). The average molecular weight is 206 g/mol. The molecule has 0 aliphatic heterocycles. The van der Waals surface area contributed by atoms with E-state index in [1.54, 1.807) is 0 Å². The van der Waals surface area contributed by atoms with Crippen LogP contribution in [-0.4, -0.2) is 19.6 Å². The average Bonchev–Trinajstić information content (AvgIpc) is 2.16. The zero-order chi connectivity index (χ0) is 11.4. The number of nitrogens with two attached hydrogens (primary N) is 1. The fourth-order valence-electron chi connectivity index (χ4n) is 1.81. The van der Waals surface area contributed by atoms with Gasteiger partial charge < -0.3 is 10.6 Å². The largest absolute Gasteiger partial charge is 0.375 e. The Labute approximate surface area is 93.1 Å². The van der Waals surface area contributed by atoms with Crippen molar-refractivity contribution < 1.29 is 0 Å². The molecule has 0 spiro atoms. The van der Waals surface area contributed by atoms with Gasteiger partial charge in [-0.1, -0.05) is 12.1 Å². The first-order valence-electron chi connectivity index (χ1n) is 5.60. The Kier molecular flexibility index (Phi) is 4.15. The van der Waals surface area contributed by atoms with Gasteiger partial charge in [-0.2, -0.15) is 0 Å². The van der Waals surface area contributed by atoms with Gasteiger partial charge in [0.2, 0.25) is 0 Å². The fraction of sp³-hybridized carbons (Fsp3) is 0.538. The molecule has 2 nitrogen and oxygen atoms in total. The lowest BCUT2D eigenvalue weighted by Crippen LogP contribution is -2.19. The van der Waals surface area contributed by atoms with Gasteiger partial charge in [0.25, 0.3) is 0 Å². The summed E-state index contributed by atoms with van der Waals surface area (Å²) in [5, 5.41) is 0. The number of nitrogens with zero attached hydrogens (tertiary/aromatic N) is 1. The first kappa shape index (κ1) is 12.1. The molecule has 15 heavy (non-hydrogen) atoms. The predicted molar refractivity (Wildman–Crippen MR) is 67.5 cm³/mol. The number of hydrogen-bond acceptors (Lipinski definition) is 2. The van der Waals surface area contributed by atoms with Crippen molar-refractivity contribution in [3.05, 3.63) is 29.3 Å². The summed E-state index contributed by atoms with van der Waals surface area (Å²) in [7, 11) is 2.12. The molecule has 2 heteroatoms. The summed E-state index contributed by atoms with van der Waals surface area (Å²) >= 11 is 0. The molecule has 0 aliphatic carbocycles. The maximum atomic E-state index is 5.79. The minimum absolute atomic E-state index is 0.235. The molecule has 1 atom stereocenters. The molecular weight excluding hydrogens is 184 g/mol. The number of hydrogen-bond donors (Lipinski definition) is 1. The molecule has 1 unspecified atom stereocenters. The Balaban J connectivity index is 2.88. The molecule has 1 aromatic carbocycles. The maximum absolute atomic E-state index is 5.79. The lowest BCUT2D eigenvalue weighted by atomic mass is 10.0. The van der Waals surface area contributed by atoms with Gasteiger partial charge in [-0.05, 0) is 44.4 Å². The first-order chi connectivity index (χ1) is 7.04. The van der Waals surface area contributed by atoms with E-state index in [0.717, 1.165) is 13.0 Å². The van der Waals surface area contributed by atoms with Crippen molar-refractivity contribution >= 4 is 5.69 Å². The van der Waals surface area contributed by atoms with Crippen LogP contribution in [-0.2, 0) is 6.42 Å². The topological polar surface area (TPSA) is 29.3 Å². The van der Waals surface area contributed by atoms with E-state index in [1.165, 1.54) is 16.8 Å². The van der Waals surface area contributed by atoms with Crippen molar-refractivity contribution in [3.63, 3.8) is 0 Å². The molecule has 84 valence electrons. The molecule has 0 aliphatic rings. The molecule has 0 saturated heterocycles. The summed E-state index contributed by atoms with van der Waals surface area (Å²) in [6, 6.07) is 6.85. The predicted octanol–water partition coefficient (Wildman–Crippen LogP) is 2.34. The van der Waals surface area contributed by atoms with Crippen molar-refractivity contribution in [1.29, 1.82) is 0 Å². The van der Waals surface area contributed by atoms with Gasteiger partial charge in [-0.25, -0.2) is 0 Å². The third-order valence-electron chi connectivity index (χ3n) is 2.70. The molecule has 0 radical (unpaired) electrons. The van der Waals surface area contributed by atoms with Crippen LogP contribution in [0.4, 0.5) is 5.69 Å². The Morgan fingerprint density at radius 1 is 1.40 bits per heavy atom. The fourth-order valence-corrected chi connectivity index (χ4v) is 1.81. The Morgan fingerprint density at radius 3 is 2.53 bits per heavy atom. The summed E-state index contributed by atoms with van der Waals surface area (Å²) in [6.45, 7) is 7.40. The van der Waals surface area contributed by atoms with Crippen molar-refractivity contribution in [1.82, 2.24) is 0 Å². The van der Waals surface area contributed by atoms with E-state index in [2.05, 4.69) is 44.0 Å². The molecule has 0 amide bonds. The van der Waals surface area contributed by atoms with Crippen molar-refractivity contribution in [3.8, 4) is 0 Å². The van der Waals surface area contributed by atoms with E-state index in [0.29, 0.717) is 0 Å². The number of aryl methyl sites for hydroxylation is 1. The SMILES string of the molecule is CCN(C)c1ccc(CC(C)N)cc1C. The Hall–Kier alpha value is -1.02. The van der Waals surface area contributed by atoms with E-state index in [-0.39, 0.29) is 6.04 Å². The van der Waals surface area contributed by atoms with Gasteiger partial charge in [-0.3, -0.25) is 0 Å². The van der Waals surface area contributed by atoms with Crippen LogP contribution in [0.5, 0.6) is 0 Å². The molecule has 2 N–H and O–H groups in total. The highest BCUT2D eigenvalue weighted by Crippen LogP contribution is 2.20. The molecule has 0 heterocycles. The smallest absolute Gasteiger partial charge is 0.0393 e. The van der Waals surface area contributed by atoms with Crippen molar-refractivity contribution in [2.24, 2.45) is 5.73 Å². The third kappa shape index (κ3) is 3.24. The van der Waals surface area contributed by atoms with E-state index in [1.807, 2.05) is 6.92 Å². The van der Waals surface area contributed by atoms with Gasteiger partial charge in [0.05, 0.1) is 0 Å². The minimum Gasteiger partial charge on any atom is -0.375 e. The lowest BCUT2D eigenvalue weighted by Gasteiger charge is -2.20. The highest BCUT2D eigenvalue weighted by Gasteiger charge is 2.04. The van der Waals surface area contributed by atoms with Gasteiger partial charge in [-0.15, -0.1) is 0 Å². The van der Waals surface area contributed by atoms with Crippen molar-refractivity contribution in [2.75, 3.05) is 18.5 Å². The molecule has 1 aromatic rings. The third-order valence-corrected chi connectivity index (χ3v) is 2.70. The highest BCUT2D eigenvalue weighted by molar-refractivity contribution is 5.53. The van der Waals surface area contributed by atoms with Gasteiger partial charge in [0, 0.05) is 25.3 Å². The van der Waals surface area contributed by atoms with Gasteiger partial charge >= 0.3 is 0 Å². The minimum atomic E-state index is 0.235. The van der Waals surface area contributed by atoms with Crippen LogP contribution in [0.15, 0.2) is 18.2 Å². The standard InChI is InChI=1S/C13H22N2/c1-5-15(4)13-7-6-12(8-10(13)2)9-11(3)14/h6-8,11H,5,9,14H2,1-4H3. The Bertz CT molecular complexity index is 318. The van der Waals surface area contributed by atoms with Crippen molar-refractivity contribution in [2.45, 2.75) is 33.2 Å². The van der Waals surface area contributed by atoms with Crippen LogP contribution in [0.3, 0.4) is 0 Å². The van der Waals surface area contributed by atoms with E-state index < -0.39 is 0 Å². The summed E-state index contributed by atoms with van der Waals surface area (Å²) in [5.74, 6) is 0. The highest BCUT2D eigenvalue weighted by atomic mass is 15.1. The normalized spacial score (nSPS) is 12.6. The zero-order valence-electron chi connectivity index (χ0n) is 10.2. The molecule has 0 fully saturated rings. The number of benzene rings is 1. The van der Waals surface area contributed by atoms with E-state index in [4.69, 9.17) is 5.73 Å². The maximum Gasteiger partial charge on any atom is 0.0393 e. The second-order valence-electron chi connectivity index (χ2n) is 4.32. The number of rotatable bonds is 4. The van der Waals surface area contributed by atoms with Crippen LogP contribution in [0.25, 0.3) is 0 Å². The van der Waals surface area contributed by atoms with Crippen LogP contribution in [0.2, 0.25) is 0 Å². The van der Waals surface area contributed by atoms with Gasteiger partial charge in [0.15, 0.2) is 0 Å². The Morgan fingerprint density at radius 2 is 2.07 bits per heavy atom. The molecule has 0 aromatic heterocycles. The van der Waals surface area contributed by atoms with Gasteiger partial charge in [0.1, 0.15) is 0 Å². The summed E-state index contributed by atoms with van der Waals surface area (Å²) in [4.78, 5) is 2.25. The van der Waals surface area contributed by atoms with Crippen LogP contribution >= 0.6 is 0 Å². The molecule has 0 saturated carbocycles. The first-order valence-corrected chi connectivity index (χ1v) is 5.60.